The number of hydrogen-bond acceptors (Lipinski definition) is 6. The van der Waals surface area contributed by atoms with Gasteiger partial charge in [0.1, 0.15) is 10.7 Å². The molecule has 0 saturated heterocycles. The van der Waals surface area contributed by atoms with E-state index in [0.717, 1.165) is 48.6 Å². The minimum absolute atomic E-state index is 0.152. The molecule has 0 aromatic carbocycles. The standard InChI is InChI=1S/C24H37N3O2S/c1-16-25-21(15-27(12-13-28)18-4-6-19(29)7-5-18)20-14-22(30-23(20)26-16)17-8-10-24(2,3)11-9-17/h14,17-19,28-29H,4-13,15H2,1-3H3/t18-,19+. The van der Waals surface area contributed by atoms with Crippen LogP contribution in [-0.4, -0.2) is 50.4 Å². The summed E-state index contributed by atoms with van der Waals surface area (Å²) in [5, 5.41) is 20.7. The molecule has 5 nitrogen and oxygen atoms in total. The van der Waals surface area contributed by atoms with Gasteiger partial charge in [-0.1, -0.05) is 13.8 Å². The Balaban J connectivity index is 1.57. The summed E-state index contributed by atoms with van der Waals surface area (Å²) in [4.78, 5) is 14.5. The lowest BCUT2D eigenvalue weighted by atomic mass is 9.73. The largest absolute Gasteiger partial charge is 0.395 e. The van der Waals surface area contributed by atoms with Crippen LogP contribution in [0.5, 0.6) is 0 Å². The van der Waals surface area contributed by atoms with Crippen molar-refractivity contribution < 1.29 is 10.2 Å². The summed E-state index contributed by atoms with van der Waals surface area (Å²) in [5.74, 6) is 1.48. The number of thiophene rings is 1. The maximum atomic E-state index is 9.88. The van der Waals surface area contributed by atoms with Crippen molar-refractivity contribution in [3.63, 3.8) is 0 Å². The topological polar surface area (TPSA) is 69.5 Å². The van der Waals surface area contributed by atoms with E-state index >= 15 is 0 Å². The third-order valence-electron chi connectivity index (χ3n) is 7.27. The fraction of sp³-hybridized carbons (Fsp3) is 0.750. The van der Waals surface area contributed by atoms with Crippen LogP contribution in [0.2, 0.25) is 0 Å². The van der Waals surface area contributed by atoms with E-state index in [9.17, 15) is 10.2 Å². The van der Waals surface area contributed by atoms with Crippen molar-refractivity contribution in [1.82, 2.24) is 14.9 Å². The first kappa shape index (κ1) is 22.1. The van der Waals surface area contributed by atoms with Crippen molar-refractivity contribution in [2.45, 2.75) is 96.7 Å². The Morgan fingerprint density at radius 2 is 1.80 bits per heavy atom. The molecular formula is C24H37N3O2S. The van der Waals surface area contributed by atoms with Crippen molar-refractivity contribution >= 4 is 21.6 Å². The molecule has 2 aliphatic carbocycles. The highest BCUT2D eigenvalue weighted by Gasteiger charge is 2.30. The van der Waals surface area contributed by atoms with Gasteiger partial charge in [-0.05, 0) is 75.7 Å². The van der Waals surface area contributed by atoms with E-state index in [-0.39, 0.29) is 12.7 Å². The summed E-state index contributed by atoms with van der Waals surface area (Å²) in [6, 6.07) is 2.77. The van der Waals surface area contributed by atoms with Gasteiger partial charge in [0.15, 0.2) is 0 Å². The highest BCUT2D eigenvalue weighted by atomic mass is 32.1. The molecule has 2 heterocycles. The van der Waals surface area contributed by atoms with E-state index in [2.05, 4.69) is 24.8 Å². The summed E-state index contributed by atoms with van der Waals surface area (Å²) in [6.45, 7) is 8.31. The van der Waals surface area contributed by atoms with Crippen LogP contribution in [0.3, 0.4) is 0 Å². The van der Waals surface area contributed by atoms with E-state index in [4.69, 9.17) is 9.97 Å². The van der Waals surface area contributed by atoms with Crippen LogP contribution in [-0.2, 0) is 6.54 Å². The second-order valence-corrected chi connectivity index (χ2v) is 11.2. The van der Waals surface area contributed by atoms with Crippen molar-refractivity contribution in [2.75, 3.05) is 13.2 Å². The van der Waals surface area contributed by atoms with Crippen LogP contribution < -0.4 is 0 Å². The van der Waals surface area contributed by atoms with Crippen molar-refractivity contribution in [2.24, 2.45) is 5.41 Å². The lowest BCUT2D eigenvalue weighted by Crippen LogP contribution is -2.40. The van der Waals surface area contributed by atoms with Gasteiger partial charge in [0.25, 0.3) is 0 Å². The number of aliphatic hydroxyl groups excluding tert-OH is 2. The summed E-state index contributed by atoms with van der Waals surface area (Å²) >= 11 is 1.86. The Bertz CT molecular complexity index is 847. The molecule has 2 aromatic heterocycles. The van der Waals surface area contributed by atoms with Gasteiger partial charge in [0.2, 0.25) is 0 Å². The summed E-state index contributed by atoms with van der Waals surface area (Å²) in [6.07, 6.45) is 8.64. The van der Waals surface area contributed by atoms with E-state index in [1.165, 1.54) is 35.9 Å². The molecular weight excluding hydrogens is 394 g/mol. The van der Waals surface area contributed by atoms with Gasteiger partial charge >= 0.3 is 0 Å². The Kier molecular flexibility index (Phi) is 6.78. The number of rotatable bonds is 6. The molecule has 2 N–H and O–H groups in total. The summed E-state index contributed by atoms with van der Waals surface area (Å²) in [7, 11) is 0. The average Bonchev–Trinajstić information content (AvgIpc) is 3.12. The van der Waals surface area contributed by atoms with Crippen LogP contribution in [0, 0.1) is 12.3 Å². The van der Waals surface area contributed by atoms with Crippen LogP contribution >= 0.6 is 11.3 Å². The summed E-state index contributed by atoms with van der Waals surface area (Å²) in [5.41, 5.74) is 1.57. The van der Waals surface area contributed by atoms with Crippen LogP contribution in [0.25, 0.3) is 10.2 Å². The smallest absolute Gasteiger partial charge is 0.127 e. The third kappa shape index (κ3) is 5.04. The monoisotopic (exact) mass is 431 g/mol. The molecule has 2 aliphatic rings. The lowest BCUT2D eigenvalue weighted by Gasteiger charge is -2.35. The summed E-state index contributed by atoms with van der Waals surface area (Å²) < 4.78 is 0. The molecule has 0 unspecified atom stereocenters. The SMILES string of the molecule is Cc1nc(CN(CCO)[C@H]2CC[C@@H](O)CC2)c2cc(C3CCC(C)(C)CC3)sc2n1. The molecule has 0 spiro atoms. The molecule has 2 saturated carbocycles. The second-order valence-electron chi connectivity index (χ2n) is 10.2. The molecule has 0 radical (unpaired) electrons. The zero-order valence-corrected chi connectivity index (χ0v) is 19.5. The molecule has 0 aliphatic heterocycles. The normalized spacial score (nSPS) is 25.3. The first-order valence-electron chi connectivity index (χ1n) is 11.6. The van der Waals surface area contributed by atoms with Crippen molar-refractivity contribution in [1.29, 1.82) is 0 Å². The van der Waals surface area contributed by atoms with Crippen LogP contribution in [0.1, 0.15) is 87.5 Å². The maximum Gasteiger partial charge on any atom is 0.127 e. The Hall–Kier alpha value is -1.08. The minimum atomic E-state index is -0.162. The first-order chi connectivity index (χ1) is 14.3. The van der Waals surface area contributed by atoms with Gasteiger partial charge in [-0.3, -0.25) is 4.90 Å². The van der Waals surface area contributed by atoms with E-state index in [1.54, 1.807) is 0 Å². The first-order valence-corrected chi connectivity index (χ1v) is 12.5. The van der Waals surface area contributed by atoms with Gasteiger partial charge in [0.05, 0.1) is 18.4 Å². The van der Waals surface area contributed by atoms with E-state index in [1.807, 2.05) is 18.3 Å². The van der Waals surface area contributed by atoms with Gasteiger partial charge in [-0.25, -0.2) is 9.97 Å². The van der Waals surface area contributed by atoms with Crippen molar-refractivity contribution in [3.05, 3.63) is 22.5 Å². The molecule has 6 heteroatoms. The Morgan fingerprint density at radius 3 is 2.47 bits per heavy atom. The molecule has 0 amide bonds. The average molecular weight is 432 g/mol. The predicted octanol–water partition coefficient (Wildman–Crippen LogP) is 4.78. The fourth-order valence-corrected chi connectivity index (χ4v) is 6.52. The van der Waals surface area contributed by atoms with Crippen LogP contribution in [0.15, 0.2) is 6.07 Å². The minimum Gasteiger partial charge on any atom is -0.395 e. The zero-order chi connectivity index (χ0) is 21.3. The van der Waals surface area contributed by atoms with Gasteiger partial charge in [-0.15, -0.1) is 11.3 Å². The van der Waals surface area contributed by atoms with Gasteiger partial charge in [0, 0.05) is 29.4 Å². The Labute approximate surface area is 184 Å². The number of aromatic nitrogens is 2. The highest BCUT2D eigenvalue weighted by Crippen LogP contribution is 2.45. The number of hydrogen-bond donors (Lipinski definition) is 2. The van der Waals surface area contributed by atoms with Crippen LogP contribution in [0.4, 0.5) is 0 Å². The molecule has 166 valence electrons. The van der Waals surface area contributed by atoms with Crippen molar-refractivity contribution in [3.8, 4) is 0 Å². The quantitative estimate of drug-likeness (QED) is 0.689. The maximum absolute atomic E-state index is 9.88. The molecule has 2 fully saturated rings. The number of fused-ring (bicyclic) bond motifs is 1. The molecule has 2 aromatic rings. The lowest BCUT2D eigenvalue weighted by molar-refractivity contribution is 0.0608. The second kappa shape index (κ2) is 9.19. The van der Waals surface area contributed by atoms with E-state index < -0.39 is 0 Å². The zero-order valence-electron chi connectivity index (χ0n) is 18.7. The molecule has 4 rings (SSSR count). The molecule has 0 atom stereocenters. The van der Waals surface area contributed by atoms with Gasteiger partial charge < -0.3 is 10.2 Å². The molecule has 30 heavy (non-hydrogen) atoms. The van der Waals surface area contributed by atoms with E-state index in [0.29, 0.717) is 23.9 Å². The highest BCUT2D eigenvalue weighted by molar-refractivity contribution is 7.18. The number of aliphatic hydroxyl groups is 2. The molecule has 0 bridgehead atoms. The predicted molar refractivity (Wildman–Crippen MR) is 123 cm³/mol. The number of aryl methyl sites for hydroxylation is 1. The Morgan fingerprint density at radius 1 is 1.10 bits per heavy atom. The number of nitrogens with zero attached hydrogens (tertiary/aromatic N) is 3. The van der Waals surface area contributed by atoms with Gasteiger partial charge in [-0.2, -0.15) is 0 Å². The fourth-order valence-electron chi connectivity index (χ4n) is 5.26. The third-order valence-corrected chi connectivity index (χ3v) is 8.46.